The largest absolute Gasteiger partial charge is 0.351 e. The molecule has 108 valence electrons. The van der Waals surface area contributed by atoms with Crippen LogP contribution in [-0.2, 0) is 7.05 Å². The second-order valence-corrected chi connectivity index (χ2v) is 5.56. The van der Waals surface area contributed by atoms with Gasteiger partial charge < -0.3 is 14.8 Å². The third-order valence-electron chi connectivity index (χ3n) is 3.91. The Morgan fingerprint density at radius 3 is 2.65 bits per heavy atom. The van der Waals surface area contributed by atoms with E-state index in [1.807, 2.05) is 37.2 Å². The summed E-state index contributed by atoms with van der Waals surface area (Å²) in [6.07, 6.45) is 0. The van der Waals surface area contributed by atoms with E-state index in [9.17, 15) is 4.79 Å². The molecule has 4 nitrogen and oxygen atoms in total. The Labute approximate surface area is 120 Å². The van der Waals surface area contributed by atoms with E-state index < -0.39 is 0 Å². The highest BCUT2D eigenvalue weighted by atomic mass is 16.1. The summed E-state index contributed by atoms with van der Waals surface area (Å²) in [6.45, 7) is 5.71. The Morgan fingerprint density at radius 2 is 2.00 bits per heavy atom. The van der Waals surface area contributed by atoms with Crippen molar-refractivity contribution >= 4 is 16.8 Å². The van der Waals surface area contributed by atoms with Gasteiger partial charge in [-0.25, -0.2) is 0 Å². The van der Waals surface area contributed by atoms with Crippen molar-refractivity contribution in [1.82, 2.24) is 14.8 Å². The Morgan fingerprint density at radius 1 is 1.30 bits per heavy atom. The molecule has 2 rings (SSSR count). The van der Waals surface area contributed by atoms with E-state index in [1.165, 1.54) is 16.8 Å². The van der Waals surface area contributed by atoms with Crippen molar-refractivity contribution in [1.29, 1.82) is 0 Å². The average Bonchev–Trinajstić information content (AvgIpc) is 2.63. The molecular weight excluding hydrogens is 250 g/mol. The molecule has 0 fully saturated rings. The van der Waals surface area contributed by atoms with Crippen molar-refractivity contribution < 1.29 is 4.79 Å². The molecule has 0 bridgehead atoms. The fourth-order valence-electron chi connectivity index (χ4n) is 2.39. The Kier molecular flexibility index (Phi) is 4.14. The molecule has 0 radical (unpaired) electrons. The number of rotatable bonds is 4. The highest BCUT2D eigenvalue weighted by Gasteiger charge is 2.11. The summed E-state index contributed by atoms with van der Waals surface area (Å²) in [6, 6.07) is 5.91. The van der Waals surface area contributed by atoms with Crippen LogP contribution in [0.1, 0.15) is 21.6 Å². The predicted molar refractivity (Wildman–Crippen MR) is 83.3 cm³/mol. The number of amides is 1. The van der Waals surface area contributed by atoms with E-state index in [1.54, 1.807) is 0 Å². The number of benzene rings is 1. The SMILES string of the molecule is Cc1c(C)n(C)c2ccc(C(=O)NCCN(C)C)cc12. The molecule has 1 heterocycles. The highest BCUT2D eigenvalue weighted by molar-refractivity contribution is 5.99. The molecule has 0 saturated heterocycles. The fraction of sp³-hybridized carbons (Fsp3) is 0.438. The molecule has 1 aromatic carbocycles. The van der Waals surface area contributed by atoms with Crippen LogP contribution >= 0.6 is 0 Å². The van der Waals surface area contributed by atoms with Gasteiger partial charge in [0.2, 0.25) is 0 Å². The second-order valence-electron chi connectivity index (χ2n) is 5.56. The summed E-state index contributed by atoms with van der Waals surface area (Å²) < 4.78 is 2.17. The molecule has 1 aromatic heterocycles. The quantitative estimate of drug-likeness (QED) is 0.926. The zero-order valence-corrected chi connectivity index (χ0v) is 12.9. The Bertz CT molecular complexity index is 641. The first kappa shape index (κ1) is 14.6. The van der Waals surface area contributed by atoms with Crippen LogP contribution in [0.5, 0.6) is 0 Å². The summed E-state index contributed by atoms with van der Waals surface area (Å²) in [7, 11) is 6.05. The lowest BCUT2D eigenvalue weighted by atomic mass is 10.1. The number of hydrogen-bond acceptors (Lipinski definition) is 2. The number of aryl methyl sites for hydroxylation is 2. The smallest absolute Gasteiger partial charge is 0.251 e. The maximum Gasteiger partial charge on any atom is 0.251 e. The number of likely N-dealkylation sites (N-methyl/N-ethyl adjacent to an activating group) is 1. The van der Waals surface area contributed by atoms with Gasteiger partial charge in [0.05, 0.1) is 0 Å². The van der Waals surface area contributed by atoms with Gasteiger partial charge in [-0.2, -0.15) is 0 Å². The molecule has 0 aliphatic carbocycles. The average molecular weight is 273 g/mol. The maximum atomic E-state index is 12.1. The summed E-state index contributed by atoms with van der Waals surface area (Å²) in [5, 5.41) is 4.11. The minimum absolute atomic E-state index is 0.00495. The van der Waals surface area contributed by atoms with Crippen LogP contribution in [0.15, 0.2) is 18.2 Å². The van der Waals surface area contributed by atoms with E-state index in [4.69, 9.17) is 0 Å². The molecule has 4 heteroatoms. The van der Waals surface area contributed by atoms with Crippen LogP contribution in [0.2, 0.25) is 0 Å². The van der Waals surface area contributed by atoms with E-state index in [0.717, 1.165) is 17.5 Å². The first-order valence-corrected chi connectivity index (χ1v) is 6.90. The molecule has 0 saturated carbocycles. The van der Waals surface area contributed by atoms with Gasteiger partial charge in [0.1, 0.15) is 0 Å². The molecule has 0 atom stereocenters. The summed E-state index contributed by atoms with van der Waals surface area (Å²) in [4.78, 5) is 14.2. The molecule has 20 heavy (non-hydrogen) atoms. The third kappa shape index (κ3) is 2.70. The number of carbonyl (C=O) groups excluding carboxylic acids is 1. The minimum Gasteiger partial charge on any atom is -0.351 e. The molecule has 0 unspecified atom stereocenters. The standard InChI is InChI=1S/C16H23N3O/c1-11-12(2)19(5)15-7-6-13(10-14(11)15)16(20)17-8-9-18(3)4/h6-7,10H,8-9H2,1-5H3,(H,17,20). The van der Waals surface area contributed by atoms with E-state index in [-0.39, 0.29) is 5.91 Å². The van der Waals surface area contributed by atoms with E-state index >= 15 is 0 Å². The minimum atomic E-state index is -0.00495. The molecule has 1 N–H and O–H groups in total. The van der Waals surface area contributed by atoms with Crippen LogP contribution in [0, 0.1) is 13.8 Å². The van der Waals surface area contributed by atoms with Gasteiger partial charge in [0.15, 0.2) is 0 Å². The normalized spacial score (nSPS) is 11.3. The van der Waals surface area contributed by atoms with Crippen LogP contribution in [0.4, 0.5) is 0 Å². The van der Waals surface area contributed by atoms with Gasteiger partial charge in [-0.15, -0.1) is 0 Å². The number of hydrogen-bond donors (Lipinski definition) is 1. The highest BCUT2D eigenvalue weighted by Crippen LogP contribution is 2.25. The monoisotopic (exact) mass is 273 g/mol. The lowest BCUT2D eigenvalue weighted by molar-refractivity contribution is 0.0951. The number of nitrogens with zero attached hydrogens (tertiary/aromatic N) is 2. The van der Waals surface area contributed by atoms with Gasteiger partial charge in [-0.3, -0.25) is 4.79 Å². The van der Waals surface area contributed by atoms with Gasteiger partial charge in [-0.1, -0.05) is 0 Å². The third-order valence-corrected chi connectivity index (χ3v) is 3.91. The lowest BCUT2D eigenvalue weighted by Crippen LogP contribution is -2.31. The van der Waals surface area contributed by atoms with Crippen molar-refractivity contribution in [3.05, 3.63) is 35.0 Å². The van der Waals surface area contributed by atoms with Gasteiger partial charge in [0.25, 0.3) is 5.91 Å². The molecule has 2 aromatic rings. The zero-order chi connectivity index (χ0) is 14.9. The van der Waals surface area contributed by atoms with Gasteiger partial charge >= 0.3 is 0 Å². The van der Waals surface area contributed by atoms with Crippen molar-refractivity contribution in [2.75, 3.05) is 27.2 Å². The molecule has 1 amide bonds. The van der Waals surface area contributed by atoms with Crippen molar-refractivity contribution in [2.45, 2.75) is 13.8 Å². The Hall–Kier alpha value is -1.81. The number of carbonyl (C=O) groups is 1. The maximum absolute atomic E-state index is 12.1. The predicted octanol–water partition coefficient (Wildman–Crippen LogP) is 2.09. The second kappa shape index (κ2) is 5.67. The molecule has 0 aliphatic rings. The number of fused-ring (bicyclic) bond motifs is 1. The van der Waals surface area contributed by atoms with E-state index in [2.05, 4.69) is 30.8 Å². The summed E-state index contributed by atoms with van der Waals surface area (Å²) >= 11 is 0. The van der Waals surface area contributed by atoms with Crippen LogP contribution in [-0.4, -0.2) is 42.6 Å². The van der Waals surface area contributed by atoms with E-state index in [0.29, 0.717) is 6.54 Å². The van der Waals surface area contributed by atoms with Crippen LogP contribution < -0.4 is 5.32 Å². The van der Waals surface area contributed by atoms with Crippen molar-refractivity contribution in [3.63, 3.8) is 0 Å². The molecular formula is C16H23N3O. The van der Waals surface area contributed by atoms with Crippen LogP contribution in [0.25, 0.3) is 10.9 Å². The fourth-order valence-corrected chi connectivity index (χ4v) is 2.39. The Balaban J connectivity index is 2.23. The molecule has 0 aliphatic heterocycles. The zero-order valence-electron chi connectivity index (χ0n) is 12.9. The summed E-state index contributed by atoms with van der Waals surface area (Å²) in [5.74, 6) is -0.00495. The van der Waals surface area contributed by atoms with Crippen molar-refractivity contribution in [3.8, 4) is 0 Å². The van der Waals surface area contributed by atoms with Gasteiger partial charge in [-0.05, 0) is 51.7 Å². The van der Waals surface area contributed by atoms with Gasteiger partial charge in [0, 0.05) is 42.3 Å². The number of aromatic nitrogens is 1. The molecule has 0 spiro atoms. The lowest BCUT2D eigenvalue weighted by Gasteiger charge is -2.10. The summed E-state index contributed by atoms with van der Waals surface area (Å²) in [5.41, 5.74) is 4.38. The first-order valence-electron chi connectivity index (χ1n) is 6.90. The topological polar surface area (TPSA) is 37.3 Å². The van der Waals surface area contributed by atoms with Crippen LogP contribution in [0.3, 0.4) is 0 Å². The van der Waals surface area contributed by atoms with Crippen molar-refractivity contribution in [2.24, 2.45) is 7.05 Å². The first-order chi connectivity index (χ1) is 9.41. The number of nitrogens with one attached hydrogen (secondary N) is 1.